The summed E-state index contributed by atoms with van der Waals surface area (Å²) in [5.41, 5.74) is 1.91. The van der Waals surface area contributed by atoms with Crippen LogP contribution in [0, 0.1) is 13.8 Å². The SMILES string of the molecule is Cc1nc(-c2cc(S(=O)(=O)Nc3ccccn3)c(C)n2C)sc1C(=O)N1CCCCC1.Cl. The van der Waals surface area contributed by atoms with Crippen molar-refractivity contribution in [2.45, 2.75) is 38.0 Å². The van der Waals surface area contributed by atoms with Crippen LogP contribution in [0.3, 0.4) is 0 Å². The fourth-order valence-electron chi connectivity index (χ4n) is 3.71. The molecule has 3 aromatic rings. The van der Waals surface area contributed by atoms with Crippen molar-refractivity contribution in [2.24, 2.45) is 7.05 Å². The molecule has 0 unspecified atom stereocenters. The van der Waals surface area contributed by atoms with E-state index in [1.54, 1.807) is 42.8 Å². The predicted molar refractivity (Wildman–Crippen MR) is 128 cm³/mol. The first kappa shape index (κ1) is 24.2. The molecule has 32 heavy (non-hydrogen) atoms. The standard InChI is InChI=1S/C21H25N5O3S2.ClH/c1-14-19(21(27)26-11-7-4-8-12-26)30-20(23-14)16-13-17(15(2)25(16)3)31(28,29)24-18-9-5-6-10-22-18;/h5-6,9-10,13H,4,7-8,11-12H2,1-3H3,(H,22,24);1H. The molecule has 11 heteroatoms. The van der Waals surface area contributed by atoms with Crippen molar-refractivity contribution < 1.29 is 13.2 Å². The number of hydrogen-bond donors (Lipinski definition) is 1. The molecule has 172 valence electrons. The lowest BCUT2D eigenvalue weighted by molar-refractivity contribution is 0.0728. The first-order chi connectivity index (χ1) is 14.8. The zero-order chi connectivity index (χ0) is 22.2. The molecular formula is C21H26ClN5O3S2. The highest BCUT2D eigenvalue weighted by Crippen LogP contribution is 2.33. The molecule has 4 heterocycles. The Balaban J connectivity index is 0.00000289. The van der Waals surface area contributed by atoms with Gasteiger partial charge in [-0.3, -0.25) is 9.52 Å². The highest BCUT2D eigenvalue weighted by atomic mass is 35.5. The van der Waals surface area contributed by atoms with Gasteiger partial charge in [0.1, 0.15) is 20.6 Å². The number of carbonyl (C=O) groups is 1. The van der Waals surface area contributed by atoms with E-state index in [4.69, 9.17) is 0 Å². The number of aromatic nitrogens is 3. The zero-order valence-electron chi connectivity index (χ0n) is 18.2. The minimum atomic E-state index is -3.82. The van der Waals surface area contributed by atoms with E-state index in [0.717, 1.165) is 32.4 Å². The van der Waals surface area contributed by atoms with Crippen LogP contribution in [0.4, 0.5) is 5.82 Å². The predicted octanol–water partition coefficient (Wildman–Crippen LogP) is 4.01. The van der Waals surface area contributed by atoms with E-state index in [9.17, 15) is 13.2 Å². The lowest BCUT2D eigenvalue weighted by atomic mass is 10.1. The Labute approximate surface area is 198 Å². The molecule has 4 rings (SSSR count). The van der Waals surface area contributed by atoms with Gasteiger partial charge < -0.3 is 9.47 Å². The monoisotopic (exact) mass is 495 g/mol. The van der Waals surface area contributed by atoms with Gasteiger partial charge >= 0.3 is 0 Å². The maximum Gasteiger partial charge on any atom is 0.265 e. The molecule has 1 saturated heterocycles. The number of thiazole rings is 1. The number of nitrogens with one attached hydrogen (secondary N) is 1. The number of hydrogen-bond acceptors (Lipinski definition) is 6. The molecule has 1 fully saturated rings. The van der Waals surface area contributed by atoms with Gasteiger partial charge in [-0.05, 0) is 51.3 Å². The number of amides is 1. The van der Waals surface area contributed by atoms with E-state index in [0.29, 0.717) is 27.0 Å². The Bertz CT molecular complexity index is 1220. The minimum Gasteiger partial charge on any atom is -0.345 e. The van der Waals surface area contributed by atoms with E-state index in [1.165, 1.54) is 17.5 Å². The van der Waals surface area contributed by atoms with Crippen LogP contribution in [0.15, 0.2) is 35.4 Å². The lowest BCUT2D eigenvalue weighted by Gasteiger charge is -2.26. The van der Waals surface area contributed by atoms with Crippen molar-refractivity contribution in [2.75, 3.05) is 17.8 Å². The Morgan fingerprint density at radius 3 is 2.53 bits per heavy atom. The van der Waals surface area contributed by atoms with Gasteiger partial charge in [0.25, 0.3) is 15.9 Å². The van der Waals surface area contributed by atoms with Crippen LogP contribution in [-0.4, -0.2) is 46.8 Å². The van der Waals surface area contributed by atoms with Crippen molar-refractivity contribution in [3.05, 3.63) is 46.7 Å². The largest absolute Gasteiger partial charge is 0.345 e. The molecule has 0 spiro atoms. The minimum absolute atomic E-state index is 0. The molecule has 0 radical (unpaired) electrons. The summed E-state index contributed by atoms with van der Waals surface area (Å²) in [4.78, 5) is 24.3. The van der Waals surface area contributed by atoms with Crippen LogP contribution >= 0.6 is 23.7 Å². The topological polar surface area (TPSA) is 97.2 Å². The highest BCUT2D eigenvalue weighted by Gasteiger charge is 2.27. The van der Waals surface area contributed by atoms with Gasteiger partial charge in [-0.2, -0.15) is 0 Å². The molecule has 3 aromatic heterocycles. The van der Waals surface area contributed by atoms with Gasteiger partial charge in [0.2, 0.25) is 0 Å². The summed E-state index contributed by atoms with van der Waals surface area (Å²) in [7, 11) is -2.02. The van der Waals surface area contributed by atoms with Crippen molar-refractivity contribution in [1.82, 2.24) is 19.4 Å². The molecule has 0 saturated carbocycles. The number of nitrogens with zero attached hydrogens (tertiary/aromatic N) is 4. The normalized spacial score (nSPS) is 14.2. The number of sulfonamides is 1. The van der Waals surface area contributed by atoms with Crippen LogP contribution in [0.1, 0.15) is 40.3 Å². The van der Waals surface area contributed by atoms with Gasteiger partial charge in [-0.1, -0.05) is 6.07 Å². The number of anilines is 1. The van der Waals surface area contributed by atoms with Crippen LogP contribution < -0.4 is 4.72 Å². The highest BCUT2D eigenvalue weighted by molar-refractivity contribution is 7.92. The maximum atomic E-state index is 13.0. The molecular weight excluding hydrogens is 470 g/mol. The number of aryl methyl sites for hydroxylation is 1. The maximum absolute atomic E-state index is 13.0. The van der Waals surface area contributed by atoms with Gasteiger partial charge in [-0.25, -0.2) is 18.4 Å². The number of pyridine rings is 1. The molecule has 0 atom stereocenters. The first-order valence-electron chi connectivity index (χ1n) is 10.1. The van der Waals surface area contributed by atoms with Crippen molar-refractivity contribution in [3.8, 4) is 10.7 Å². The van der Waals surface area contributed by atoms with E-state index in [-0.39, 0.29) is 29.0 Å². The summed E-state index contributed by atoms with van der Waals surface area (Å²) in [6, 6.07) is 6.64. The third kappa shape index (κ3) is 4.67. The summed E-state index contributed by atoms with van der Waals surface area (Å²) >= 11 is 1.31. The Kier molecular flexibility index (Phi) is 7.26. The molecule has 0 bridgehead atoms. The number of rotatable bonds is 5. The molecule has 1 aliphatic heterocycles. The van der Waals surface area contributed by atoms with Crippen molar-refractivity contribution in [1.29, 1.82) is 0 Å². The van der Waals surface area contributed by atoms with Crippen LogP contribution in [0.25, 0.3) is 10.7 Å². The van der Waals surface area contributed by atoms with Gasteiger partial charge in [0.15, 0.2) is 0 Å². The van der Waals surface area contributed by atoms with Gasteiger partial charge in [-0.15, -0.1) is 23.7 Å². The third-order valence-corrected chi connectivity index (χ3v) is 8.17. The number of piperidine rings is 1. The summed E-state index contributed by atoms with van der Waals surface area (Å²) in [6.07, 6.45) is 4.74. The van der Waals surface area contributed by atoms with Gasteiger partial charge in [0, 0.05) is 32.0 Å². The van der Waals surface area contributed by atoms with E-state index >= 15 is 0 Å². The third-order valence-electron chi connectivity index (χ3n) is 5.54. The molecule has 1 N–H and O–H groups in total. The lowest BCUT2D eigenvalue weighted by Crippen LogP contribution is -2.35. The second-order valence-electron chi connectivity index (χ2n) is 7.65. The molecule has 1 amide bonds. The molecule has 1 aliphatic rings. The summed E-state index contributed by atoms with van der Waals surface area (Å²) in [5, 5.41) is 0.628. The van der Waals surface area contributed by atoms with Crippen LogP contribution in [0.2, 0.25) is 0 Å². The molecule has 0 aromatic carbocycles. The first-order valence-corrected chi connectivity index (χ1v) is 12.4. The van der Waals surface area contributed by atoms with E-state index < -0.39 is 10.0 Å². The fourth-order valence-corrected chi connectivity index (χ4v) is 6.09. The zero-order valence-corrected chi connectivity index (χ0v) is 20.6. The van der Waals surface area contributed by atoms with E-state index in [1.807, 2.05) is 11.8 Å². The number of likely N-dealkylation sites (tertiary alicyclic amines) is 1. The summed E-state index contributed by atoms with van der Waals surface area (Å²) in [5.74, 6) is 0.267. The second-order valence-corrected chi connectivity index (χ2v) is 10.3. The Hall–Kier alpha value is -2.43. The Morgan fingerprint density at radius 1 is 1.16 bits per heavy atom. The van der Waals surface area contributed by atoms with E-state index in [2.05, 4.69) is 14.7 Å². The molecule has 0 aliphatic carbocycles. The number of carbonyl (C=O) groups excluding carboxylic acids is 1. The summed E-state index contributed by atoms with van der Waals surface area (Å²) < 4.78 is 30.2. The fraction of sp³-hybridized carbons (Fsp3) is 0.381. The van der Waals surface area contributed by atoms with Crippen LogP contribution in [-0.2, 0) is 17.1 Å². The quantitative estimate of drug-likeness (QED) is 0.576. The number of halogens is 1. The average molecular weight is 496 g/mol. The smallest absolute Gasteiger partial charge is 0.265 e. The average Bonchev–Trinajstić information content (AvgIpc) is 3.29. The van der Waals surface area contributed by atoms with Crippen molar-refractivity contribution >= 4 is 45.5 Å². The van der Waals surface area contributed by atoms with Crippen molar-refractivity contribution in [3.63, 3.8) is 0 Å². The van der Waals surface area contributed by atoms with Gasteiger partial charge in [0.05, 0.1) is 11.4 Å². The summed E-state index contributed by atoms with van der Waals surface area (Å²) in [6.45, 7) is 5.12. The molecule has 8 nitrogen and oxygen atoms in total. The Morgan fingerprint density at radius 2 is 1.88 bits per heavy atom. The second kappa shape index (κ2) is 9.60. The van der Waals surface area contributed by atoms with Crippen LogP contribution in [0.5, 0.6) is 0 Å².